The Bertz CT molecular complexity index is 431. The maximum atomic E-state index is 11.0. The molecule has 0 heterocycles. The first-order valence-corrected chi connectivity index (χ1v) is 5.26. The predicted molar refractivity (Wildman–Crippen MR) is 64.0 cm³/mol. The third-order valence-electron chi connectivity index (χ3n) is 2.87. The van der Waals surface area contributed by atoms with Gasteiger partial charge in [-0.05, 0) is 17.2 Å². The third kappa shape index (κ3) is 1.97. The number of hydrogen-bond donors (Lipinski definition) is 0. The molecule has 0 bridgehead atoms. The second-order valence-electron chi connectivity index (χ2n) is 3.84. The number of hydrogen-bond acceptors (Lipinski definition) is 2. The number of aldehydes is 1. The number of rotatable bonds is 3. The monoisotopic (exact) mass is 214 g/mol. The Kier molecular flexibility index (Phi) is 3.02. The van der Waals surface area contributed by atoms with Gasteiger partial charge in [0.15, 0.2) is 6.29 Å². The lowest BCUT2D eigenvalue weighted by atomic mass is 9.90. The molecule has 0 aromatic heterocycles. The smallest absolute Gasteiger partial charge is 0.156 e. The first kappa shape index (κ1) is 10.8. The fraction of sp³-hybridized carbons (Fsp3) is 0.214. The first-order chi connectivity index (χ1) is 7.79. The van der Waals surface area contributed by atoms with Crippen LogP contribution in [0.2, 0.25) is 0 Å². The molecule has 1 aliphatic rings. The van der Waals surface area contributed by atoms with Crippen LogP contribution in [-0.4, -0.2) is 19.0 Å². The fourth-order valence-electron chi connectivity index (χ4n) is 1.77. The highest BCUT2D eigenvalue weighted by Crippen LogP contribution is 2.27. The van der Waals surface area contributed by atoms with E-state index in [-0.39, 0.29) is 0 Å². The van der Waals surface area contributed by atoms with E-state index in [2.05, 4.69) is 12.1 Å². The molecule has 1 aromatic rings. The highest BCUT2D eigenvalue weighted by atomic mass is 16.5. The molecule has 1 unspecified atom stereocenters. The molecular formula is C14H14O2. The van der Waals surface area contributed by atoms with E-state index >= 15 is 0 Å². The molecule has 16 heavy (non-hydrogen) atoms. The second kappa shape index (κ2) is 4.45. The Labute approximate surface area is 95.2 Å². The summed E-state index contributed by atoms with van der Waals surface area (Å²) in [4.78, 5) is 11.0. The Balaban J connectivity index is 2.23. The van der Waals surface area contributed by atoms with Crippen molar-refractivity contribution in [2.45, 2.75) is 12.0 Å². The van der Waals surface area contributed by atoms with Crippen LogP contribution in [0.15, 0.2) is 48.6 Å². The lowest BCUT2D eigenvalue weighted by molar-refractivity contribution is -0.122. The summed E-state index contributed by atoms with van der Waals surface area (Å²) < 4.78 is 5.21. The molecule has 1 aliphatic carbocycles. The van der Waals surface area contributed by atoms with Crippen molar-refractivity contribution in [3.63, 3.8) is 0 Å². The molecule has 0 saturated heterocycles. The molecule has 0 aliphatic heterocycles. The van der Waals surface area contributed by atoms with Crippen molar-refractivity contribution < 1.29 is 9.53 Å². The summed E-state index contributed by atoms with van der Waals surface area (Å²) >= 11 is 0. The third-order valence-corrected chi connectivity index (χ3v) is 2.87. The van der Waals surface area contributed by atoms with E-state index in [1.807, 2.05) is 36.4 Å². The van der Waals surface area contributed by atoms with Gasteiger partial charge < -0.3 is 4.74 Å². The van der Waals surface area contributed by atoms with Crippen LogP contribution in [0.5, 0.6) is 0 Å². The number of carbonyl (C=O) groups is 1. The molecule has 1 atom stereocenters. The lowest BCUT2D eigenvalue weighted by Crippen LogP contribution is -2.31. The molecule has 0 radical (unpaired) electrons. The topological polar surface area (TPSA) is 26.3 Å². The fourth-order valence-corrected chi connectivity index (χ4v) is 1.77. The predicted octanol–water partition coefficient (Wildman–Crippen LogP) is 2.61. The van der Waals surface area contributed by atoms with Crippen LogP contribution in [0.25, 0.3) is 5.57 Å². The zero-order valence-electron chi connectivity index (χ0n) is 9.22. The van der Waals surface area contributed by atoms with Gasteiger partial charge in [0.1, 0.15) is 5.60 Å². The van der Waals surface area contributed by atoms with Gasteiger partial charge in [0, 0.05) is 13.5 Å². The largest absolute Gasteiger partial charge is 0.366 e. The van der Waals surface area contributed by atoms with E-state index in [0.717, 1.165) is 17.4 Å². The zero-order valence-corrected chi connectivity index (χ0v) is 9.22. The molecule has 82 valence electrons. The van der Waals surface area contributed by atoms with E-state index in [1.54, 1.807) is 7.11 Å². The van der Waals surface area contributed by atoms with Gasteiger partial charge in [-0.15, -0.1) is 0 Å². The molecule has 2 nitrogen and oxygen atoms in total. The summed E-state index contributed by atoms with van der Waals surface area (Å²) in [6, 6.07) is 10.1. The van der Waals surface area contributed by atoms with Gasteiger partial charge in [0.2, 0.25) is 0 Å². The van der Waals surface area contributed by atoms with Crippen molar-refractivity contribution in [2.75, 3.05) is 7.11 Å². The Morgan fingerprint density at radius 2 is 2.06 bits per heavy atom. The minimum Gasteiger partial charge on any atom is -0.366 e. The van der Waals surface area contributed by atoms with Crippen LogP contribution < -0.4 is 0 Å². The van der Waals surface area contributed by atoms with Crippen LogP contribution in [0, 0.1) is 0 Å². The molecule has 2 rings (SSSR count). The average molecular weight is 214 g/mol. The lowest BCUT2D eigenvalue weighted by Gasteiger charge is -2.24. The van der Waals surface area contributed by atoms with Crippen molar-refractivity contribution >= 4 is 11.9 Å². The summed E-state index contributed by atoms with van der Waals surface area (Å²) in [7, 11) is 1.56. The van der Waals surface area contributed by atoms with Crippen molar-refractivity contribution in [3.8, 4) is 0 Å². The molecule has 0 saturated carbocycles. The van der Waals surface area contributed by atoms with Gasteiger partial charge in [-0.1, -0.05) is 42.5 Å². The van der Waals surface area contributed by atoms with Gasteiger partial charge in [0.05, 0.1) is 0 Å². The van der Waals surface area contributed by atoms with Gasteiger partial charge in [-0.2, -0.15) is 0 Å². The Morgan fingerprint density at radius 3 is 2.56 bits per heavy atom. The molecular weight excluding hydrogens is 200 g/mol. The summed E-state index contributed by atoms with van der Waals surface area (Å²) in [6.45, 7) is 0. The van der Waals surface area contributed by atoms with E-state index in [9.17, 15) is 4.79 Å². The van der Waals surface area contributed by atoms with Crippen LogP contribution in [0.3, 0.4) is 0 Å². The first-order valence-electron chi connectivity index (χ1n) is 5.26. The van der Waals surface area contributed by atoms with Gasteiger partial charge in [-0.3, -0.25) is 4.79 Å². The number of allylic oxidation sites excluding steroid dienone is 2. The molecule has 0 spiro atoms. The van der Waals surface area contributed by atoms with Crippen molar-refractivity contribution in [1.82, 2.24) is 0 Å². The molecule has 1 aromatic carbocycles. The number of carbonyl (C=O) groups excluding carboxylic acids is 1. The summed E-state index contributed by atoms with van der Waals surface area (Å²) in [5.74, 6) is 0. The Morgan fingerprint density at radius 1 is 1.31 bits per heavy atom. The van der Waals surface area contributed by atoms with Crippen LogP contribution in [0.4, 0.5) is 0 Å². The highest BCUT2D eigenvalue weighted by molar-refractivity contribution is 5.79. The number of ether oxygens (including phenoxy) is 1. The average Bonchev–Trinajstić information content (AvgIpc) is 2.40. The molecule has 0 amide bonds. The van der Waals surface area contributed by atoms with Crippen molar-refractivity contribution in [3.05, 3.63) is 54.1 Å². The summed E-state index contributed by atoms with van der Waals surface area (Å²) in [6.07, 6.45) is 7.24. The zero-order chi connectivity index (χ0) is 11.4. The van der Waals surface area contributed by atoms with Crippen LogP contribution in [-0.2, 0) is 9.53 Å². The highest BCUT2D eigenvalue weighted by Gasteiger charge is 2.27. The van der Waals surface area contributed by atoms with E-state index in [0.29, 0.717) is 6.42 Å². The second-order valence-corrected chi connectivity index (χ2v) is 3.84. The maximum absolute atomic E-state index is 11.0. The Hall–Kier alpha value is -1.67. The minimum absolute atomic E-state index is 0.591. The summed E-state index contributed by atoms with van der Waals surface area (Å²) in [5.41, 5.74) is 1.53. The normalized spacial score (nSPS) is 23.9. The molecule has 0 N–H and O–H groups in total. The van der Waals surface area contributed by atoms with Crippen molar-refractivity contribution in [1.29, 1.82) is 0 Å². The summed E-state index contributed by atoms with van der Waals surface area (Å²) in [5, 5.41) is 0. The van der Waals surface area contributed by atoms with Gasteiger partial charge >= 0.3 is 0 Å². The van der Waals surface area contributed by atoms with E-state index in [4.69, 9.17) is 4.74 Å². The van der Waals surface area contributed by atoms with Crippen LogP contribution >= 0.6 is 0 Å². The maximum Gasteiger partial charge on any atom is 0.156 e. The van der Waals surface area contributed by atoms with E-state index in [1.165, 1.54) is 0 Å². The van der Waals surface area contributed by atoms with Crippen molar-refractivity contribution in [2.24, 2.45) is 0 Å². The number of benzene rings is 1. The SMILES string of the molecule is COC1(C=O)C=CC(c2ccccc2)=CC1. The van der Waals surface area contributed by atoms with Gasteiger partial charge in [0.25, 0.3) is 0 Å². The quantitative estimate of drug-likeness (QED) is 0.723. The van der Waals surface area contributed by atoms with Crippen LogP contribution in [0.1, 0.15) is 12.0 Å². The molecule has 0 fully saturated rings. The molecule has 2 heteroatoms. The van der Waals surface area contributed by atoms with E-state index < -0.39 is 5.60 Å². The number of methoxy groups -OCH3 is 1. The van der Waals surface area contributed by atoms with Gasteiger partial charge in [-0.25, -0.2) is 0 Å². The standard InChI is InChI=1S/C14H14O2/c1-16-14(11-15)9-7-13(8-10-14)12-5-3-2-4-6-12/h2-9,11H,10H2,1H3. The minimum atomic E-state index is -0.766.